The highest BCUT2D eigenvalue weighted by Gasteiger charge is 2.28. The van der Waals surface area contributed by atoms with Crippen LogP contribution < -0.4 is 5.73 Å². The van der Waals surface area contributed by atoms with Gasteiger partial charge in [0.15, 0.2) is 0 Å². The number of benzene rings is 1. The molecule has 0 amide bonds. The number of rotatable bonds is 2. The van der Waals surface area contributed by atoms with E-state index in [2.05, 4.69) is 31.2 Å². The molecule has 0 aromatic heterocycles. The van der Waals surface area contributed by atoms with E-state index in [9.17, 15) is 0 Å². The van der Waals surface area contributed by atoms with Gasteiger partial charge in [-0.25, -0.2) is 0 Å². The highest BCUT2D eigenvalue weighted by Crippen LogP contribution is 2.22. The lowest BCUT2D eigenvalue weighted by molar-refractivity contribution is 0.0382. The fourth-order valence-corrected chi connectivity index (χ4v) is 2.20. The first-order chi connectivity index (χ1) is 7.20. The minimum absolute atomic E-state index is 0.148. The van der Waals surface area contributed by atoms with Crippen molar-refractivity contribution in [3.63, 3.8) is 0 Å². The van der Waals surface area contributed by atoms with E-state index >= 15 is 0 Å². The maximum atomic E-state index is 6.33. The number of nitrogens with two attached hydrogens (primary N) is 1. The summed E-state index contributed by atoms with van der Waals surface area (Å²) in [6, 6.07) is 8.45. The second-order valence-electron chi connectivity index (χ2n) is 4.62. The Kier molecular flexibility index (Phi) is 3.08. The lowest BCUT2D eigenvalue weighted by Crippen LogP contribution is -2.49. The van der Waals surface area contributed by atoms with Crippen LogP contribution in [0.5, 0.6) is 0 Å². The topological polar surface area (TPSA) is 35.2 Å². The summed E-state index contributed by atoms with van der Waals surface area (Å²) in [6.07, 6.45) is 3.09. The molecule has 0 saturated carbocycles. The number of aryl methyl sites for hydroxylation is 1. The molecule has 15 heavy (non-hydrogen) atoms. The molecule has 1 aliphatic rings. The molecule has 1 unspecified atom stereocenters. The fraction of sp³-hybridized carbons (Fsp3) is 0.538. The molecule has 0 bridgehead atoms. The first kappa shape index (κ1) is 10.7. The van der Waals surface area contributed by atoms with Gasteiger partial charge in [0, 0.05) is 12.1 Å². The zero-order valence-electron chi connectivity index (χ0n) is 9.33. The normalized spacial score (nSPS) is 26.5. The molecule has 1 heterocycles. The summed E-state index contributed by atoms with van der Waals surface area (Å²) in [5.41, 5.74) is 8.87. The first-order valence-corrected chi connectivity index (χ1v) is 5.61. The van der Waals surface area contributed by atoms with E-state index in [1.54, 1.807) is 0 Å². The van der Waals surface area contributed by atoms with E-state index in [-0.39, 0.29) is 5.54 Å². The molecule has 1 aromatic rings. The molecule has 1 aromatic carbocycles. The third-order valence-electron chi connectivity index (χ3n) is 3.16. The molecular weight excluding hydrogens is 186 g/mol. The standard InChI is InChI=1S/C13H19NO/c1-11-5-2-3-6-12(11)9-13(14)7-4-8-15-10-13/h2-3,5-6H,4,7-10,14H2,1H3. The Balaban J connectivity index is 2.10. The minimum Gasteiger partial charge on any atom is -0.380 e. The number of ether oxygens (including phenoxy) is 1. The molecule has 82 valence electrons. The smallest absolute Gasteiger partial charge is 0.0649 e. The van der Waals surface area contributed by atoms with Crippen LogP contribution in [0.2, 0.25) is 0 Å². The van der Waals surface area contributed by atoms with Crippen molar-refractivity contribution in [3.05, 3.63) is 35.4 Å². The van der Waals surface area contributed by atoms with Crippen molar-refractivity contribution in [2.75, 3.05) is 13.2 Å². The average Bonchev–Trinajstić information content (AvgIpc) is 2.22. The average molecular weight is 205 g/mol. The maximum absolute atomic E-state index is 6.33. The largest absolute Gasteiger partial charge is 0.380 e. The Labute approximate surface area is 91.4 Å². The first-order valence-electron chi connectivity index (χ1n) is 5.61. The van der Waals surface area contributed by atoms with Gasteiger partial charge in [-0.2, -0.15) is 0 Å². The van der Waals surface area contributed by atoms with Crippen LogP contribution in [0.4, 0.5) is 0 Å². The molecule has 0 spiro atoms. The Hall–Kier alpha value is -0.860. The third-order valence-corrected chi connectivity index (χ3v) is 3.16. The van der Waals surface area contributed by atoms with Crippen molar-refractivity contribution < 1.29 is 4.74 Å². The Morgan fingerprint density at radius 1 is 1.40 bits per heavy atom. The van der Waals surface area contributed by atoms with E-state index in [1.807, 2.05) is 0 Å². The highest BCUT2D eigenvalue weighted by atomic mass is 16.5. The van der Waals surface area contributed by atoms with Gasteiger partial charge in [-0.1, -0.05) is 24.3 Å². The van der Waals surface area contributed by atoms with Gasteiger partial charge in [0.05, 0.1) is 6.61 Å². The van der Waals surface area contributed by atoms with E-state index in [4.69, 9.17) is 10.5 Å². The summed E-state index contributed by atoms with van der Waals surface area (Å²) in [5, 5.41) is 0. The SMILES string of the molecule is Cc1ccccc1CC1(N)CCCOC1. The molecule has 2 rings (SSSR count). The van der Waals surface area contributed by atoms with Crippen molar-refractivity contribution in [3.8, 4) is 0 Å². The lowest BCUT2D eigenvalue weighted by atomic mass is 9.85. The molecule has 0 radical (unpaired) electrons. The highest BCUT2D eigenvalue weighted by molar-refractivity contribution is 5.27. The van der Waals surface area contributed by atoms with Crippen LogP contribution in [-0.2, 0) is 11.2 Å². The van der Waals surface area contributed by atoms with Gasteiger partial charge in [-0.05, 0) is 37.3 Å². The molecule has 1 fully saturated rings. The second kappa shape index (κ2) is 4.33. The Morgan fingerprint density at radius 3 is 2.87 bits per heavy atom. The molecule has 1 atom stereocenters. The van der Waals surface area contributed by atoms with Gasteiger partial charge in [-0.15, -0.1) is 0 Å². The Morgan fingerprint density at radius 2 is 2.20 bits per heavy atom. The fourth-order valence-electron chi connectivity index (χ4n) is 2.20. The predicted octanol–water partition coefficient (Wildman–Crippen LogP) is 2.05. The van der Waals surface area contributed by atoms with Gasteiger partial charge < -0.3 is 10.5 Å². The summed E-state index contributed by atoms with van der Waals surface area (Å²) >= 11 is 0. The number of hydrogen-bond donors (Lipinski definition) is 1. The van der Waals surface area contributed by atoms with Crippen molar-refractivity contribution in [2.45, 2.75) is 31.7 Å². The molecule has 2 N–H and O–H groups in total. The second-order valence-corrected chi connectivity index (χ2v) is 4.62. The number of hydrogen-bond acceptors (Lipinski definition) is 2. The lowest BCUT2D eigenvalue weighted by Gasteiger charge is -2.33. The Bertz CT molecular complexity index is 329. The quantitative estimate of drug-likeness (QED) is 0.802. The zero-order valence-corrected chi connectivity index (χ0v) is 9.33. The minimum atomic E-state index is -0.148. The zero-order chi connectivity index (χ0) is 10.7. The van der Waals surface area contributed by atoms with Crippen LogP contribution in [0.15, 0.2) is 24.3 Å². The van der Waals surface area contributed by atoms with Gasteiger partial charge >= 0.3 is 0 Å². The molecule has 2 heteroatoms. The monoisotopic (exact) mass is 205 g/mol. The summed E-state index contributed by atoms with van der Waals surface area (Å²) in [6.45, 7) is 3.70. The van der Waals surface area contributed by atoms with Crippen LogP contribution >= 0.6 is 0 Å². The van der Waals surface area contributed by atoms with E-state index in [1.165, 1.54) is 11.1 Å². The summed E-state index contributed by atoms with van der Waals surface area (Å²) < 4.78 is 5.47. The van der Waals surface area contributed by atoms with Crippen LogP contribution in [-0.4, -0.2) is 18.8 Å². The summed E-state index contributed by atoms with van der Waals surface area (Å²) in [5.74, 6) is 0. The summed E-state index contributed by atoms with van der Waals surface area (Å²) in [4.78, 5) is 0. The van der Waals surface area contributed by atoms with Crippen molar-refractivity contribution >= 4 is 0 Å². The van der Waals surface area contributed by atoms with Crippen LogP contribution in [0.25, 0.3) is 0 Å². The summed E-state index contributed by atoms with van der Waals surface area (Å²) in [7, 11) is 0. The van der Waals surface area contributed by atoms with Crippen LogP contribution in [0.3, 0.4) is 0 Å². The molecule has 1 saturated heterocycles. The molecular formula is C13H19NO. The van der Waals surface area contributed by atoms with Crippen molar-refractivity contribution in [1.82, 2.24) is 0 Å². The molecule has 0 aliphatic carbocycles. The maximum Gasteiger partial charge on any atom is 0.0649 e. The van der Waals surface area contributed by atoms with Gasteiger partial charge in [-0.3, -0.25) is 0 Å². The van der Waals surface area contributed by atoms with Crippen molar-refractivity contribution in [2.24, 2.45) is 5.73 Å². The van der Waals surface area contributed by atoms with E-state index in [0.717, 1.165) is 25.9 Å². The van der Waals surface area contributed by atoms with Crippen LogP contribution in [0, 0.1) is 6.92 Å². The van der Waals surface area contributed by atoms with Crippen molar-refractivity contribution in [1.29, 1.82) is 0 Å². The van der Waals surface area contributed by atoms with Gasteiger partial charge in [0.2, 0.25) is 0 Å². The third kappa shape index (κ3) is 2.58. The predicted molar refractivity (Wildman–Crippen MR) is 61.9 cm³/mol. The van der Waals surface area contributed by atoms with E-state index in [0.29, 0.717) is 6.61 Å². The van der Waals surface area contributed by atoms with Gasteiger partial charge in [0.25, 0.3) is 0 Å². The molecule has 2 nitrogen and oxygen atoms in total. The molecule has 1 aliphatic heterocycles. The van der Waals surface area contributed by atoms with E-state index < -0.39 is 0 Å². The van der Waals surface area contributed by atoms with Crippen LogP contribution in [0.1, 0.15) is 24.0 Å². The van der Waals surface area contributed by atoms with Gasteiger partial charge in [0.1, 0.15) is 0 Å².